The van der Waals surface area contributed by atoms with E-state index >= 15 is 0 Å². The third-order valence-electron chi connectivity index (χ3n) is 5.84. The molecule has 0 bridgehead atoms. The first-order valence-corrected chi connectivity index (χ1v) is 11.1. The van der Waals surface area contributed by atoms with E-state index in [-0.39, 0.29) is 31.4 Å². The third-order valence-corrected chi connectivity index (χ3v) is 5.84. The lowest BCUT2D eigenvalue weighted by molar-refractivity contribution is -0.116. The van der Waals surface area contributed by atoms with Crippen molar-refractivity contribution in [3.8, 4) is 22.6 Å². The summed E-state index contributed by atoms with van der Waals surface area (Å²) in [5, 5.41) is 2.86. The highest BCUT2D eigenvalue weighted by molar-refractivity contribution is 5.92. The van der Waals surface area contributed by atoms with Crippen molar-refractivity contribution in [1.82, 2.24) is 10.2 Å². The van der Waals surface area contributed by atoms with E-state index in [1.807, 2.05) is 60.7 Å². The summed E-state index contributed by atoms with van der Waals surface area (Å²) in [5.74, 6) is 1.03. The van der Waals surface area contributed by atoms with Gasteiger partial charge in [-0.25, -0.2) is 4.79 Å². The lowest BCUT2D eigenvalue weighted by Crippen LogP contribution is -2.41. The van der Waals surface area contributed by atoms with Crippen molar-refractivity contribution < 1.29 is 23.8 Å². The molecule has 34 heavy (non-hydrogen) atoms. The lowest BCUT2D eigenvalue weighted by Gasteiger charge is -2.21. The van der Waals surface area contributed by atoms with Gasteiger partial charge in [0, 0.05) is 24.7 Å². The fourth-order valence-electron chi connectivity index (χ4n) is 4.01. The van der Waals surface area contributed by atoms with Crippen LogP contribution in [0, 0.1) is 0 Å². The Labute approximate surface area is 197 Å². The maximum Gasteiger partial charge on any atom is 0.410 e. The molecule has 7 heteroatoms. The number of para-hydroxylation sites is 1. The van der Waals surface area contributed by atoms with Crippen LogP contribution in [0.5, 0.6) is 11.5 Å². The second-order valence-electron chi connectivity index (χ2n) is 8.08. The first-order chi connectivity index (χ1) is 16.7. The molecule has 0 radical (unpaired) electrons. The molecule has 7 nitrogen and oxygen atoms in total. The molecule has 1 atom stereocenters. The molecule has 3 aromatic rings. The molecule has 0 saturated carbocycles. The summed E-state index contributed by atoms with van der Waals surface area (Å²) in [6, 6.07) is 23.5. The van der Waals surface area contributed by atoms with Gasteiger partial charge in [0.25, 0.3) is 0 Å². The summed E-state index contributed by atoms with van der Waals surface area (Å²) in [6.07, 6.45) is 2.76. The largest absolute Gasteiger partial charge is 0.454 e. The Morgan fingerprint density at radius 3 is 2.56 bits per heavy atom. The van der Waals surface area contributed by atoms with Crippen LogP contribution in [0.4, 0.5) is 4.79 Å². The monoisotopic (exact) mass is 456 g/mol. The van der Waals surface area contributed by atoms with Crippen LogP contribution in [0.15, 0.2) is 78.9 Å². The van der Waals surface area contributed by atoms with Crippen LogP contribution in [0.25, 0.3) is 17.2 Å². The number of cyclic esters (lactones) is 1. The van der Waals surface area contributed by atoms with Crippen molar-refractivity contribution in [2.24, 2.45) is 0 Å². The van der Waals surface area contributed by atoms with E-state index in [1.54, 1.807) is 11.0 Å². The Kier molecular flexibility index (Phi) is 6.16. The maximum absolute atomic E-state index is 12.4. The summed E-state index contributed by atoms with van der Waals surface area (Å²) >= 11 is 0. The molecular weight excluding hydrogens is 432 g/mol. The molecule has 1 fully saturated rings. The average molecular weight is 456 g/mol. The number of carbonyl (C=O) groups is 2. The van der Waals surface area contributed by atoms with Crippen molar-refractivity contribution in [3.05, 3.63) is 90.0 Å². The number of carbonyl (C=O) groups excluding carboxylic acids is 2. The Balaban J connectivity index is 1.18. The van der Waals surface area contributed by atoms with Crippen LogP contribution in [0.3, 0.4) is 0 Å². The average Bonchev–Trinajstić information content (AvgIpc) is 3.49. The number of rotatable bonds is 7. The van der Waals surface area contributed by atoms with E-state index in [9.17, 15) is 9.59 Å². The summed E-state index contributed by atoms with van der Waals surface area (Å²) in [7, 11) is 0. The molecule has 1 N–H and O–H groups in total. The van der Waals surface area contributed by atoms with Crippen molar-refractivity contribution >= 4 is 18.1 Å². The summed E-state index contributed by atoms with van der Waals surface area (Å²) < 4.78 is 16.0. The fraction of sp³-hybridized carbons (Fsp3) is 0.185. The Hall–Kier alpha value is -4.26. The second-order valence-corrected chi connectivity index (χ2v) is 8.08. The van der Waals surface area contributed by atoms with Gasteiger partial charge in [-0.15, -0.1) is 0 Å². The number of benzene rings is 3. The number of amides is 2. The summed E-state index contributed by atoms with van der Waals surface area (Å²) in [5.41, 5.74) is 4.02. The van der Waals surface area contributed by atoms with Crippen LogP contribution < -0.4 is 14.8 Å². The van der Waals surface area contributed by atoms with Gasteiger partial charge in [0.05, 0.1) is 6.04 Å². The first-order valence-electron chi connectivity index (χ1n) is 11.1. The van der Waals surface area contributed by atoms with Crippen molar-refractivity contribution in [1.29, 1.82) is 0 Å². The molecule has 1 saturated heterocycles. The molecule has 2 aliphatic heterocycles. The van der Waals surface area contributed by atoms with E-state index in [1.165, 1.54) is 6.08 Å². The van der Waals surface area contributed by atoms with Gasteiger partial charge in [-0.3, -0.25) is 9.69 Å². The van der Waals surface area contributed by atoms with Gasteiger partial charge in [0.15, 0.2) is 11.5 Å². The summed E-state index contributed by atoms with van der Waals surface area (Å²) in [4.78, 5) is 26.3. The SMILES string of the molecule is O=C(/C=C/c1cccc2c1OCO2)NCC1COC(=O)N1Cc1ccc(-c2ccccc2)cc1. The van der Waals surface area contributed by atoms with Gasteiger partial charge in [-0.2, -0.15) is 0 Å². The van der Waals surface area contributed by atoms with Crippen LogP contribution in [0.1, 0.15) is 11.1 Å². The quantitative estimate of drug-likeness (QED) is 0.539. The summed E-state index contributed by atoms with van der Waals surface area (Å²) in [6.45, 7) is 1.12. The number of fused-ring (bicyclic) bond motifs is 1. The van der Waals surface area contributed by atoms with Crippen LogP contribution >= 0.6 is 0 Å². The van der Waals surface area contributed by atoms with Gasteiger partial charge in [0.1, 0.15) is 6.61 Å². The number of nitrogens with zero attached hydrogens (tertiary/aromatic N) is 1. The van der Waals surface area contributed by atoms with Crippen molar-refractivity contribution in [3.63, 3.8) is 0 Å². The van der Waals surface area contributed by atoms with Crippen LogP contribution in [0.2, 0.25) is 0 Å². The highest BCUT2D eigenvalue weighted by Gasteiger charge is 2.33. The molecule has 5 rings (SSSR count). The van der Waals surface area contributed by atoms with Crippen LogP contribution in [-0.4, -0.2) is 42.9 Å². The number of hydrogen-bond donors (Lipinski definition) is 1. The van der Waals surface area contributed by atoms with Crippen molar-refractivity contribution in [2.75, 3.05) is 19.9 Å². The normalized spacial score (nSPS) is 16.6. The van der Waals surface area contributed by atoms with Gasteiger partial charge < -0.3 is 19.5 Å². The smallest absolute Gasteiger partial charge is 0.410 e. The van der Waals surface area contributed by atoms with E-state index in [0.717, 1.165) is 22.3 Å². The zero-order valence-corrected chi connectivity index (χ0v) is 18.5. The molecule has 2 aliphatic rings. The third kappa shape index (κ3) is 4.73. The molecule has 2 heterocycles. The predicted octanol–water partition coefficient (Wildman–Crippen LogP) is 4.23. The second kappa shape index (κ2) is 9.70. The van der Waals surface area contributed by atoms with E-state index in [2.05, 4.69) is 17.4 Å². The molecule has 0 aromatic heterocycles. The maximum atomic E-state index is 12.4. The number of hydrogen-bond acceptors (Lipinski definition) is 5. The zero-order valence-electron chi connectivity index (χ0n) is 18.5. The van der Waals surface area contributed by atoms with Gasteiger partial charge in [-0.1, -0.05) is 66.7 Å². The number of nitrogens with one attached hydrogen (secondary N) is 1. The molecular formula is C27H24N2O5. The van der Waals surface area contributed by atoms with Gasteiger partial charge >= 0.3 is 6.09 Å². The van der Waals surface area contributed by atoms with E-state index in [4.69, 9.17) is 14.2 Å². The van der Waals surface area contributed by atoms with Crippen molar-refractivity contribution in [2.45, 2.75) is 12.6 Å². The first kappa shape index (κ1) is 21.6. The Morgan fingerprint density at radius 1 is 0.941 bits per heavy atom. The molecule has 1 unspecified atom stereocenters. The Bertz CT molecular complexity index is 1210. The minimum absolute atomic E-state index is 0.174. The predicted molar refractivity (Wildman–Crippen MR) is 127 cm³/mol. The highest BCUT2D eigenvalue weighted by Crippen LogP contribution is 2.35. The minimum Gasteiger partial charge on any atom is -0.454 e. The van der Waals surface area contributed by atoms with Gasteiger partial charge in [0.2, 0.25) is 12.7 Å². The number of ether oxygens (including phenoxy) is 3. The Morgan fingerprint density at radius 2 is 1.74 bits per heavy atom. The molecule has 3 aromatic carbocycles. The van der Waals surface area contributed by atoms with E-state index < -0.39 is 0 Å². The lowest BCUT2D eigenvalue weighted by atomic mass is 10.0. The van der Waals surface area contributed by atoms with E-state index in [0.29, 0.717) is 24.6 Å². The molecule has 2 amide bonds. The standard InChI is InChI=1S/C27H24N2O5/c30-25(14-13-22-7-4-8-24-26(22)34-18-33-24)28-15-23-17-32-27(31)29(23)16-19-9-11-21(12-10-19)20-5-2-1-3-6-20/h1-14,23H,15-18H2,(H,28,30)/b14-13+. The highest BCUT2D eigenvalue weighted by atomic mass is 16.7. The van der Waals surface area contributed by atoms with Gasteiger partial charge in [-0.05, 0) is 28.8 Å². The van der Waals surface area contributed by atoms with Crippen LogP contribution in [-0.2, 0) is 16.1 Å². The zero-order chi connectivity index (χ0) is 23.3. The minimum atomic E-state index is -0.376. The topological polar surface area (TPSA) is 77.1 Å². The fourth-order valence-corrected chi connectivity index (χ4v) is 4.01. The molecule has 172 valence electrons. The molecule has 0 aliphatic carbocycles. The molecule has 0 spiro atoms.